The lowest BCUT2D eigenvalue weighted by atomic mass is 9.31. The summed E-state index contributed by atoms with van der Waals surface area (Å²) in [4.78, 5) is 14.6. The summed E-state index contributed by atoms with van der Waals surface area (Å²) in [7, 11) is 0. The predicted octanol–water partition coefficient (Wildman–Crippen LogP) is 10.7. The van der Waals surface area contributed by atoms with E-state index in [1.807, 2.05) is 0 Å². The maximum Gasteiger partial charge on any atom is 0.139 e. The fourth-order valence-electron chi connectivity index (χ4n) is 13.3. The van der Waals surface area contributed by atoms with Crippen LogP contribution < -0.4 is 0 Å². The van der Waals surface area contributed by atoms with Crippen molar-refractivity contribution in [1.82, 2.24) is 0 Å². The lowest BCUT2D eigenvalue weighted by molar-refractivity contribution is -0.236. The molecular weight excluding hydrogens is 484 g/mol. The molecule has 7 rings (SSSR count). The number of carbonyl (C=O) groups is 1. The molecule has 11 atom stereocenters. The molecule has 7 aliphatic rings. The van der Waals surface area contributed by atoms with Gasteiger partial charge in [-0.15, -0.1) is 0 Å². The Bertz CT molecular complexity index is 1160. The number of allylic oxidation sites excluding steroid dienone is 4. The Morgan fingerprint density at radius 3 is 2.20 bits per heavy atom. The first kappa shape index (κ1) is 28.0. The van der Waals surface area contributed by atoms with Gasteiger partial charge in [-0.05, 0) is 152 Å². The summed E-state index contributed by atoms with van der Waals surface area (Å²) < 4.78 is 0. The molecule has 6 saturated carbocycles. The summed E-state index contributed by atoms with van der Waals surface area (Å²) in [6, 6.07) is 0. The topological polar surface area (TPSA) is 17.1 Å². The summed E-state index contributed by atoms with van der Waals surface area (Å²) in [5.74, 6) is 4.43. The molecule has 0 bridgehead atoms. The van der Waals surface area contributed by atoms with Gasteiger partial charge >= 0.3 is 0 Å². The minimum absolute atomic E-state index is 0.00297. The molecule has 0 aliphatic heterocycles. The summed E-state index contributed by atoms with van der Waals surface area (Å²) in [5, 5.41) is 0. The third kappa shape index (κ3) is 3.42. The van der Waals surface area contributed by atoms with Gasteiger partial charge in [-0.25, -0.2) is 0 Å². The number of fused-ring (bicyclic) bond motifs is 7. The Morgan fingerprint density at radius 2 is 1.55 bits per heavy atom. The maximum absolute atomic E-state index is 14.6. The number of ketones is 1. The van der Waals surface area contributed by atoms with Gasteiger partial charge in [0.05, 0.1) is 0 Å². The molecule has 0 aromatic heterocycles. The Labute approximate surface area is 246 Å². The Morgan fingerprint density at radius 1 is 0.850 bits per heavy atom. The highest BCUT2D eigenvalue weighted by Crippen LogP contribution is 2.80. The van der Waals surface area contributed by atoms with Gasteiger partial charge in [0.2, 0.25) is 0 Å². The van der Waals surface area contributed by atoms with Crippen LogP contribution >= 0.6 is 0 Å². The fraction of sp³-hybridized carbons (Fsp3) is 0.872. The lowest BCUT2D eigenvalue weighted by Gasteiger charge is -2.73. The molecule has 0 radical (unpaired) electrons. The molecule has 0 amide bonds. The number of carbonyl (C=O) groups excluding carboxylic acids is 1. The monoisotopic (exact) mass is 544 g/mol. The van der Waals surface area contributed by atoms with Gasteiger partial charge in [-0.1, -0.05) is 72.3 Å². The van der Waals surface area contributed by atoms with Crippen LogP contribution in [-0.4, -0.2) is 5.78 Å². The van der Waals surface area contributed by atoms with Crippen molar-refractivity contribution >= 4 is 5.78 Å². The normalized spacial score (nSPS) is 56.0. The van der Waals surface area contributed by atoms with E-state index in [4.69, 9.17) is 0 Å². The molecule has 1 nitrogen and oxygen atoms in total. The van der Waals surface area contributed by atoms with Crippen LogP contribution in [0.5, 0.6) is 0 Å². The van der Waals surface area contributed by atoms with E-state index in [0.717, 1.165) is 30.1 Å². The first-order valence-corrected chi connectivity index (χ1v) is 17.6. The van der Waals surface area contributed by atoms with E-state index in [-0.39, 0.29) is 5.41 Å². The van der Waals surface area contributed by atoms with Crippen LogP contribution in [0, 0.1) is 67.5 Å². The molecule has 6 fully saturated rings. The van der Waals surface area contributed by atoms with Crippen molar-refractivity contribution in [2.45, 2.75) is 145 Å². The number of hydrogen-bond acceptors (Lipinski definition) is 1. The SMILES string of the molecule is C/C=C/C1=CC[C@]2(C)C3CC[C@@H]4C5[C@H](C6(C)CC6)CC[C@]5(C(=O)CC5(C)CC5C)CC[C@@]4(C)[C@]3(C)CC[C@@]2(C)C1. The zero-order valence-electron chi connectivity index (χ0n) is 27.4. The quantitative estimate of drug-likeness (QED) is 0.336. The Balaban J connectivity index is 1.26. The van der Waals surface area contributed by atoms with Crippen LogP contribution in [0.15, 0.2) is 23.8 Å². The third-order valence-corrected chi connectivity index (χ3v) is 17.1. The molecule has 7 aliphatic carbocycles. The van der Waals surface area contributed by atoms with Crippen LogP contribution in [0.2, 0.25) is 0 Å². The van der Waals surface area contributed by atoms with Gasteiger partial charge in [0, 0.05) is 11.8 Å². The molecule has 40 heavy (non-hydrogen) atoms. The second kappa shape index (κ2) is 8.40. The second-order valence-corrected chi connectivity index (χ2v) is 18.5. The highest BCUT2D eigenvalue weighted by atomic mass is 16.1. The highest BCUT2D eigenvalue weighted by Gasteiger charge is 2.73. The van der Waals surface area contributed by atoms with Crippen molar-refractivity contribution in [2.24, 2.45) is 67.5 Å². The highest BCUT2D eigenvalue weighted by molar-refractivity contribution is 5.87. The lowest BCUT2D eigenvalue weighted by Crippen LogP contribution is -2.66. The van der Waals surface area contributed by atoms with E-state index in [1.54, 1.807) is 5.57 Å². The van der Waals surface area contributed by atoms with Gasteiger partial charge in [0.25, 0.3) is 0 Å². The molecule has 0 saturated heterocycles. The summed E-state index contributed by atoms with van der Waals surface area (Å²) in [6.07, 6.45) is 25.3. The average molecular weight is 545 g/mol. The van der Waals surface area contributed by atoms with Gasteiger partial charge < -0.3 is 0 Å². The summed E-state index contributed by atoms with van der Waals surface area (Å²) in [6.45, 7) is 20.5. The zero-order valence-corrected chi connectivity index (χ0v) is 27.4. The Kier molecular flexibility index (Phi) is 5.87. The van der Waals surface area contributed by atoms with Crippen molar-refractivity contribution in [3.05, 3.63) is 23.8 Å². The third-order valence-electron chi connectivity index (χ3n) is 17.1. The van der Waals surface area contributed by atoms with Crippen LogP contribution in [-0.2, 0) is 4.79 Å². The predicted molar refractivity (Wildman–Crippen MR) is 167 cm³/mol. The average Bonchev–Trinajstić information content (AvgIpc) is 3.72. The van der Waals surface area contributed by atoms with Crippen LogP contribution in [0.25, 0.3) is 0 Å². The first-order chi connectivity index (χ1) is 18.7. The molecule has 0 aromatic rings. The molecule has 0 N–H and O–H groups in total. The molecule has 0 heterocycles. The minimum Gasteiger partial charge on any atom is -0.299 e. The van der Waals surface area contributed by atoms with Gasteiger partial charge in [0.15, 0.2) is 0 Å². The van der Waals surface area contributed by atoms with E-state index in [2.05, 4.69) is 73.6 Å². The number of hydrogen-bond donors (Lipinski definition) is 0. The molecular formula is C39H60O. The molecule has 0 spiro atoms. The fourth-order valence-corrected chi connectivity index (χ4v) is 13.3. The smallest absolute Gasteiger partial charge is 0.139 e. The summed E-state index contributed by atoms with van der Waals surface area (Å²) in [5.41, 5.74) is 3.95. The van der Waals surface area contributed by atoms with Gasteiger partial charge in [-0.2, -0.15) is 0 Å². The first-order valence-electron chi connectivity index (χ1n) is 17.6. The van der Waals surface area contributed by atoms with E-state index >= 15 is 0 Å². The number of Topliss-reactive ketones (excluding diaryl/α,β-unsaturated/α-hetero) is 1. The van der Waals surface area contributed by atoms with E-state index in [9.17, 15) is 4.79 Å². The standard InChI is InChI=1S/C39H60O/c1-9-10-27-13-15-37(7)30-12-11-29-32-28(33(3)17-18-33)14-16-39(32,31(40)25-34(4)23-26(34)2)22-21-36(29,6)38(30,8)20-19-35(37,5)24-27/h9-10,13,26,28-30,32H,11-12,14-25H2,1-8H3/b10-9+/t26?,28-,29-,30?,32?,34?,35+,36-,37-,38-,39-/m1/s1. The summed E-state index contributed by atoms with van der Waals surface area (Å²) >= 11 is 0. The molecule has 4 unspecified atom stereocenters. The van der Waals surface area contributed by atoms with Crippen LogP contribution in [0.4, 0.5) is 0 Å². The van der Waals surface area contributed by atoms with Gasteiger partial charge in [0.1, 0.15) is 5.78 Å². The van der Waals surface area contributed by atoms with Crippen molar-refractivity contribution in [3.8, 4) is 0 Å². The zero-order chi connectivity index (χ0) is 28.6. The second-order valence-electron chi connectivity index (χ2n) is 18.5. The van der Waals surface area contributed by atoms with Gasteiger partial charge in [-0.3, -0.25) is 4.79 Å². The van der Waals surface area contributed by atoms with E-state index in [0.29, 0.717) is 44.2 Å². The van der Waals surface area contributed by atoms with E-state index < -0.39 is 0 Å². The minimum atomic E-state index is -0.00297. The van der Waals surface area contributed by atoms with Crippen molar-refractivity contribution in [3.63, 3.8) is 0 Å². The van der Waals surface area contributed by atoms with Crippen LogP contribution in [0.1, 0.15) is 145 Å². The van der Waals surface area contributed by atoms with Crippen LogP contribution in [0.3, 0.4) is 0 Å². The van der Waals surface area contributed by atoms with Crippen molar-refractivity contribution in [1.29, 1.82) is 0 Å². The molecule has 1 heteroatoms. The molecule has 0 aromatic carbocycles. The van der Waals surface area contributed by atoms with Crippen molar-refractivity contribution < 1.29 is 4.79 Å². The molecule has 222 valence electrons. The largest absolute Gasteiger partial charge is 0.299 e. The Hall–Kier alpha value is -0.850. The van der Waals surface area contributed by atoms with Crippen molar-refractivity contribution in [2.75, 3.05) is 0 Å². The van der Waals surface area contributed by atoms with E-state index in [1.165, 1.54) is 83.5 Å². The number of rotatable bonds is 5. The maximum atomic E-state index is 14.6.